The van der Waals surface area contributed by atoms with Crippen molar-refractivity contribution in [3.63, 3.8) is 0 Å². The van der Waals surface area contributed by atoms with E-state index >= 15 is 0 Å². The van der Waals surface area contributed by atoms with E-state index in [0.29, 0.717) is 11.3 Å². The molecule has 12 heteroatoms. The standard InChI is InChI=1S/C27H32O12/c1-27(2,35)9-8-14-16(37-26-23(34)21(32)19(30)17(11-28)38-26)10-15(29)18-20(31)22(33)24(39-25(14)18)12-4-6-13(36-3)7-5-12/h4-7,10,17,19,21,23,26,28-30,32-35H,8-9,11H2,1-3H3. The van der Waals surface area contributed by atoms with Crippen molar-refractivity contribution in [2.45, 2.75) is 63.0 Å². The minimum atomic E-state index is -1.75. The molecule has 1 aliphatic rings. The van der Waals surface area contributed by atoms with Crippen molar-refractivity contribution in [1.29, 1.82) is 0 Å². The van der Waals surface area contributed by atoms with E-state index < -0.39 is 59.8 Å². The predicted octanol–water partition coefficient (Wildman–Crippen LogP) is 0.762. The summed E-state index contributed by atoms with van der Waals surface area (Å²) in [5.74, 6) is -1.13. The van der Waals surface area contributed by atoms with Gasteiger partial charge in [0.05, 0.1) is 19.3 Å². The lowest BCUT2D eigenvalue weighted by atomic mass is 9.96. The highest BCUT2D eigenvalue weighted by Crippen LogP contribution is 2.41. The third-order valence-electron chi connectivity index (χ3n) is 6.61. The molecule has 4 rings (SSSR count). The van der Waals surface area contributed by atoms with Crippen LogP contribution in [-0.4, -0.2) is 85.8 Å². The van der Waals surface area contributed by atoms with E-state index in [9.17, 15) is 40.5 Å². The number of fused-ring (bicyclic) bond motifs is 1. The maximum absolute atomic E-state index is 13.2. The minimum Gasteiger partial charge on any atom is -0.507 e. The van der Waals surface area contributed by atoms with Gasteiger partial charge in [-0.05, 0) is 51.0 Å². The molecule has 0 spiro atoms. The molecular weight excluding hydrogens is 516 g/mol. The van der Waals surface area contributed by atoms with Gasteiger partial charge in [-0.15, -0.1) is 0 Å². The monoisotopic (exact) mass is 548 g/mol. The lowest BCUT2D eigenvalue weighted by Crippen LogP contribution is -2.60. The van der Waals surface area contributed by atoms with Crippen molar-refractivity contribution in [1.82, 2.24) is 0 Å². The zero-order valence-corrected chi connectivity index (χ0v) is 21.6. The maximum Gasteiger partial charge on any atom is 0.238 e. The molecule has 212 valence electrons. The summed E-state index contributed by atoms with van der Waals surface area (Å²) in [7, 11) is 1.48. The molecule has 0 aliphatic carbocycles. The topological polar surface area (TPSA) is 200 Å². The van der Waals surface area contributed by atoms with Gasteiger partial charge in [-0.25, -0.2) is 0 Å². The number of phenols is 1. The van der Waals surface area contributed by atoms with Crippen LogP contribution < -0.4 is 14.9 Å². The summed E-state index contributed by atoms with van der Waals surface area (Å²) < 4.78 is 22.4. The molecule has 1 aromatic heterocycles. The molecule has 2 aromatic carbocycles. The quantitative estimate of drug-likeness (QED) is 0.209. The Kier molecular flexibility index (Phi) is 8.07. The van der Waals surface area contributed by atoms with E-state index in [-0.39, 0.29) is 40.9 Å². The molecule has 12 nitrogen and oxygen atoms in total. The molecule has 5 atom stereocenters. The Morgan fingerprint density at radius 2 is 1.69 bits per heavy atom. The summed E-state index contributed by atoms with van der Waals surface area (Å²) in [6, 6.07) is 7.39. The number of benzene rings is 2. The van der Waals surface area contributed by atoms with Crippen molar-refractivity contribution < 1.29 is 54.4 Å². The second-order valence-corrected chi connectivity index (χ2v) is 10.0. The summed E-state index contributed by atoms with van der Waals surface area (Å²) in [6.45, 7) is 2.45. The van der Waals surface area contributed by atoms with Crippen molar-refractivity contribution in [2.24, 2.45) is 0 Å². The molecule has 7 N–H and O–H groups in total. The number of hydrogen-bond donors (Lipinski definition) is 7. The van der Waals surface area contributed by atoms with Crippen molar-refractivity contribution in [3.05, 3.63) is 46.1 Å². The Balaban J connectivity index is 1.90. The molecule has 3 aromatic rings. The summed E-state index contributed by atoms with van der Waals surface area (Å²) >= 11 is 0. The Morgan fingerprint density at radius 3 is 2.28 bits per heavy atom. The van der Waals surface area contributed by atoms with Gasteiger partial charge in [-0.2, -0.15) is 0 Å². The largest absolute Gasteiger partial charge is 0.507 e. The Labute approximate surface area is 222 Å². The molecule has 5 unspecified atom stereocenters. The second-order valence-electron chi connectivity index (χ2n) is 10.0. The first-order valence-electron chi connectivity index (χ1n) is 12.2. The van der Waals surface area contributed by atoms with Gasteiger partial charge < -0.3 is 54.4 Å². The average molecular weight is 549 g/mol. The average Bonchev–Trinajstić information content (AvgIpc) is 2.89. The van der Waals surface area contributed by atoms with Gasteiger partial charge in [0.2, 0.25) is 17.5 Å². The fourth-order valence-electron chi connectivity index (χ4n) is 4.37. The van der Waals surface area contributed by atoms with Gasteiger partial charge in [0.15, 0.2) is 5.76 Å². The van der Waals surface area contributed by atoms with Gasteiger partial charge in [-0.1, -0.05) is 0 Å². The zero-order chi connectivity index (χ0) is 28.6. The molecule has 0 radical (unpaired) electrons. The SMILES string of the molecule is COc1ccc(-c2oc3c(CCC(C)(C)O)c(OC4OC(CO)C(O)C(O)C4O)cc(O)c3c(=O)c2O)cc1. The minimum absolute atomic E-state index is 0.0444. The van der Waals surface area contributed by atoms with Crippen LogP contribution in [0, 0.1) is 0 Å². The Hall–Kier alpha value is -3.39. The van der Waals surface area contributed by atoms with Gasteiger partial charge in [0.1, 0.15) is 52.6 Å². The number of aliphatic hydroxyl groups excluding tert-OH is 4. The van der Waals surface area contributed by atoms with Crippen LogP contribution in [-0.2, 0) is 11.2 Å². The van der Waals surface area contributed by atoms with Crippen LogP contribution in [0.3, 0.4) is 0 Å². The van der Waals surface area contributed by atoms with Gasteiger partial charge >= 0.3 is 0 Å². The van der Waals surface area contributed by atoms with E-state index in [0.717, 1.165) is 6.07 Å². The molecule has 0 amide bonds. The maximum atomic E-state index is 13.2. The molecule has 1 aliphatic heterocycles. The highest BCUT2D eigenvalue weighted by Gasteiger charge is 2.45. The summed E-state index contributed by atoms with van der Waals surface area (Å²) in [6.07, 6.45) is -7.74. The van der Waals surface area contributed by atoms with E-state index in [1.807, 2.05) is 0 Å². The zero-order valence-electron chi connectivity index (χ0n) is 21.6. The van der Waals surface area contributed by atoms with Crippen LogP contribution in [0.4, 0.5) is 0 Å². The fraction of sp³-hybridized carbons (Fsp3) is 0.444. The van der Waals surface area contributed by atoms with Crippen LogP contribution >= 0.6 is 0 Å². The summed E-state index contributed by atoms with van der Waals surface area (Å²) in [5.41, 5.74) is -1.70. The Bertz CT molecular complexity index is 1370. The molecule has 1 saturated heterocycles. The first-order chi connectivity index (χ1) is 18.4. The van der Waals surface area contributed by atoms with E-state index in [4.69, 9.17) is 18.6 Å². The van der Waals surface area contributed by atoms with Crippen molar-refractivity contribution >= 4 is 11.0 Å². The number of phenolic OH excluding ortho intramolecular Hbond substituents is 1. The normalized spacial score (nSPS) is 23.6. The molecule has 2 heterocycles. The Morgan fingerprint density at radius 1 is 1.03 bits per heavy atom. The van der Waals surface area contributed by atoms with Crippen LogP contribution in [0.1, 0.15) is 25.8 Å². The fourth-order valence-corrected chi connectivity index (χ4v) is 4.37. The van der Waals surface area contributed by atoms with Crippen LogP contribution in [0.15, 0.2) is 39.5 Å². The molecule has 0 saturated carbocycles. The number of ether oxygens (including phenoxy) is 3. The number of aryl methyl sites for hydroxylation is 1. The van der Waals surface area contributed by atoms with Gasteiger partial charge in [0.25, 0.3) is 0 Å². The number of hydrogen-bond acceptors (Lipinski definition) is 12. The van der Waals surface area contributed by atoms with Gasteiger partial charge in [0, 0.05) is 17.2 Å². The smallest absolute Gasteiger partial charge is 0.238 e. The number of rotatable bonds is 8. The number of aromatic hydroxyl groups is 2. The van der Waals surface area contributed by atoms with E-state index in [1.54, 1.807) is 38.1 Å². The lowest BCUT2D eigenvalue weighted by molar-refractivity contribution is -0.277. The first-order valence-corrected chi connectivity index (χ1v) is 12.2. The van der Waals surface area contributed by atoms with Crippen molar-refractivity contribution in [3.8, 4) is 34.3 Å². The van der Waals surface area contributed by atoms with Crippen LogP contribution in [0.2, 0.25) is 0 Å². The third kappa shape index (κ3) is 5.66. The number of aliphatic hydroxyl groups is 5. The van der Waals surface area contributed by atoms with E-state index in [1.165, 1.54) is 7.11 Å². The van der Waals surface area contributed by atoms with E-state index in [2.05, 4.69) is 0 Å². The third-order valence-corrected chi connectivity index (χ3v) is 6.61. The summed E-state index contributed by atoms with van der Waals surface area (Å²) in [4.78, 5) is 13.2. The van der Waals surface area contributed by atoms with Crippen LogP contribution in [0.5, 0.6) is 23.0 Å². The first kappa shape index (κ1) is 28.6. The summed E-state index contributed by atoms with van der Waals surface area (Å²) in [5, 5.41) is 71.7. The highest BCUT2D eigenvalue weighted by molar-refractivity contribution is 5.91. The highest BCUT2D eigenvalue weighted by atomic mass is 16.7. The lowest BCUT2D eigenvalue weighted by Gasteiger charge is -2.39. The molecule has 0 bridgehead atoms. The molecule has 39 heavy (non-hydrogen) atoms. The number of methoxy groups -OCH3 is 1. The molecule has 1 fully saturated rings. The van der Waals surface area contributed by atoms with Crippen molar-refractivity contribution in [2.75, 3.05) is 13.7 Å². The molecular formula is C27H32O12. The van der Waals surface area contributed by atoms with Crippen LogP contribution in [0.25, 0.3) is 22.3 Å². The second kappa shape index (κ2) is 11.0. The van der Waals surface area contributed by atoms with Gasteiger partial charge in [-0.3, -0.25) is 4.79 Å². The predicted molar refractivity (Wildman–Crippen MR) is 137 cm³/mol.